The maximum absolute atomic E-state index is 13.1. The van der Waals surface area contributed by atoms with Crippen LogP contribution in [0, 0.1) is 5.82 Å². The van der Waals surface area contributed by atoms with Gasteiger partial charge in [-0.15, -0.1) is 0 Å². The lowest BCUT2D eigenvalue weighted by Crippen LogP contribution is -2.13. The van der Waals surface area contributed by atoms with Crippen LogP contribution in [0.5, 0.6) is 5.75 Å². The molecule has 3 heteroatoms. The summed E-state index contributed by atoms with van der Waals surface area (Å²) in [5.74, 6) is 0.589. The molecule has 0 aliphatic heterocycles. The summed E-state index contributed by atoms with van der Waals surface area (Å²) >= 11 is 0. The van der Waals surface area contributed by atoms with Gasteiger partial charge in [0.1, 0.15) is 18.2 Å². The van der Waals surface area contributed by atoms with Crippen LogP contribution in [-0.4, -0.2) is 7.05 Å². The molecule has 19 heavy (non-hydrogen) atoms. The molecular formula is C16H18FNO. The number of halogens is 1. The average molecular weight is 259 g/mol. The van der Waals surface area contributed by atoms with Gasteiger partial charge in [-0.3, -0.25) is 0 Å². The molecule has 1 atom stereocenters. The summed E-state index contributed by atoms with van der Waals surface area (Å²) in [6.45, 7) is 2.44. The van der Waals surface area contributed by atoms with Crippen molar-refractivity contribution < 1.29 is 9.13 Å². The van der Waals surface area contributed by atoms with Crippen LogP contribution in [-0.2, 0) is 6.61 Å². The lowest BCUT2D eigenvalue weighted by Gasteiger charge is -2.16. The van der Waals surface area contributed by atoms with Gasteiger partial charge in [-0.2, -0.15) is 0 Å². The second-order valence-electron chi connectivity index (χ2n) is 4.47. The van der Waals surface area contributed by atoms with Gasteiger partial charge in [-0.25, -0.2) is 4.39 Å². The molecule has 100 valence electrons. The molecule has 0 amide bonds. The molecule has 0 saturated carbocycles. The Balaban J connectivity index is 2.11. The van der Waals surface area contributed by atoms with Crippen LogP contribution in [0.1, 0.15) is 24.1 Å². The Labute approximate surface area is 113 Å². The molecule has 1 unspecified atom stereocenters. The van der Waals surface area contributed by atoms with Crippen LogP contribution >= 0.6 is 0 Å². The summed E-state index contributed by atoms with van der Waals surface area (Å²) in [5, 5.41) is 3.19. The number of hydrogen-bond donors (Lipinski definition) is 1. The highest BCUT2D eigenvalue weighted by Gasteiger charge is 2.09. The summed E-state index contributed by atoms with van der Waals surface area (Å²) < 4.78 is 18.9. The van der Waals surface area contributed by atoms with Crippen LogP contribution in [0.25, 0.3) is 0 Å². The van der Waals surface area contributed by atoms with Gasteiger partial charge in [0.05, 0.1) is 0 Å². The first-order chi connectivity index (χ1) is 9.20. The zero-order valence-electron chi connectivity index (χ0n) is 11.2. The molecule has 0 spiro atoms. The minimum absolute atomic E-state index is 0.212. The molecule has 2 aromatic carbocycles. The molecule has 0 bridgehead atoms. The van der Waals surface area contributed by atoms with E-state index in [4.69, 9.17) is 4.74 Å². The van der Waals surface area contributed by atoms with Crippen molar-refractivity contribution in [2.75, 3.05) is 7.05 Å². The van der Waals surface area contributed by atoms with Crippen LogP contribution in [0.2, 0.25) is 0 Å². The van der Waals surface area contributed by atoms with E-state index in [1.54, 1.807) is 6.07 Å². The van der Waals surface area contributed by atoms with Gasteiger partial charge in [0.25, 0.3) is 0 Å². The highest BCUT2D eigenvalue weighted by atomic mass is 19.1. The maximum Gasteiger partial charge on any atom is 0.124 e. The number of rotatable bonds is 5. The summed E-state index contributed by atoms with van der Waals surface area (Å²) in [4.78, 5) is 0. The van der Waals surface area contributed by atoms with E-state index in [0.29, 0.717) is 6.61 Å². The van der Waals surface area contributed by atoms with Crippen molar-refractivity contribution in [3.63, 3.8) is 0 Å². The second-order valence-corrected chi connectivity index (χ2v) is 4.47. The van der Waals surface area contributed by atoms with Crippen molar-refractivity contribution in [1.29, 1.82) is 0 Å². The fourth-order valence-electron chi connectivity index (χ4n) is 1.91. The van der Waals surface area contributed by atoms with Crippen molar-refractivity contribution in [2.45, 2.75) is 19.6 Å². The van der Waals surface area contributed by atoms with Crippen molar-refractivity contribution >= 4 is 0 Å². The molecule has 2 rings (SSSR count). The predicted octanol–water partition coefficient (Wildman–Crippen LogP) is 3.69. The quantitative estimate of drug-likeness (QED) is 0.884. The first kappa shape index (κ1) is 13.6. The number of benzene rings is 2. The van der Waals surface area contributed by atoms with E-state index >= 15 is 0 Å². The molecule has 0 fully saturated rings. The molecule has 0 aliphatic rings. The van der Waals surface area contributed by atoms with Gasteiger partial charge in [0.15, 0.2) is 0 Å². The normalized spacial score (nSPS) is 12.2. The largest absolute Gasteiger partial charge is 0.489 e. The van der Waals surface area contributed by atoms with Crippen molar-refractivity contribution in [1.82, 2.24) is 5.32 Å². The monoisotopic (exact) mass is 259 g/mol. The number of ether oxygens (including phenoxy) is 1. The predicted molar refractivity (Wildman–Crippen MR) is 74.6 cm³/mol. The van der Waals surface area contributed by atoms with E-state index in [-0.39, 0.29) is 11.9 Å². The zero-order valence-corrected chi connectivity index (χ0v) is 11.2. The molecular weight excluding hydrogens is 241 g/mol. The minimum atomic E-state index is -0.238. The molecule has 0 aromatic heterocycles. The molecule has 0 aliphatic carbocycles. The Morgan fingerprint density at radius 1 is 1.16 bits per heavy atom. The van der Waals surface area contributed by atoms with E-state index < -0.39 is 0 Å². The number of hydrogen-bond acceptors (Lipinski definition) is 2. The Bertz CT molecular complexity index is 542. The molecule has 1 N–H and O–H groups in total. The average Bonchev–Trinajstić information content (AvgIpc) is 2.45. The molecule has 2 nitrogen and oxygen atoms in total. The Morgan fingerprint density at radius 3 is 2.68 bits per heavy atom. The maximum atomic E-state index is 13.1. The van der Waals surface area contributed by atoms with E-state index in [1.807, 2.05) is 37.4 Å². The van der Waals surface area contributed by atoms with Gasteiger partial charge < -0.3 is 10.1 Å². The second kappa shape index (κ2) is 6.34. The van der Waals surface area contributed by atoms with E-state index in [1.165, 1.54) is 12.1 Å². The van der Waals surface area contributed by atoms with Gasteiger partial charge in [0.2, 0.25) is 0 Å². The van der Waals surface area contributed by atoms with Crippen molar-refractivity contribution in [3.8, 4) is 5.75 Å². The fraction of sp³-hybridized carbons (Fsp3) is 0.250. The molecule has 0 saturated heterocycles. The summed E-state index contributed by atoms with van der Waals surface area (Å²) in [6.07, 6.45) is 0. The van der Waals surface area contributed by atoms with Crippen LogP contribution in [0.15, 0.2) is 48.5 Å². The molecule has 0 radical (unpaired) electrons. The van der Waals surface area contributed by atoms with Crippen molar-refractivity contribution in [2.24, 2.45) is 0 Å². The Morgan fingerprint density at radius 2 is 1.95 bits per heavy atom. The third-order valence-electron chi connectivity index (χ3n) is 3.10. The first-order valence-electron chi connectivity index (χ1n) is 6.34. The van der Waals surface area contributed by atoms with E-state index in [0.717, 1.165) is 16.9 Å². The van der Waals surface area contributed by atoms with E-state index in [9.17, 15) is 4.39 Å². The smallest absolute Gasteiger partial charge is 0.124 e. The highest BCUT2D eigenvalue weighted by molar-refractivity contribution is 5.35. The Hall–Kier alpha value is -1.87. The first-order valence-corrected chi connectivity index (χ1v) is 6.34. The van der Waals surface area contributed by atoms with Crippen LogP contribution in [0.3, 0.4) is 0 Å². The Kier molecular flexibility index (Phi) is 4.53. The van der Waals surface area contributed by atoms with Gasteiger partial charge in [-0.05, 0) is 37.7 Å². The molecule has 2 aromatic rings. The summed E-state index contributed by atoms with van der Waals surface area (Å²) in [6, 6.07) is 14.6. The summed E-state index contributed by atoms with van der Waals surface area (Å²) in [5.41, 5.74) is 1.92. The van der Waals surface area contributed by atoms with Gasteiger partial charge in [-0.1, -0.05) is 30.3 Å². The molecule has 0 heterocycles. The zero-order chi connectivity index (χ0) is 13.7. The van der Waals surface area contributed by atoms with E-state index in [2.05, 4.69) is 12.2 Å². The standard InChI is InChI=1S/C16H18FNO/c1-12(18-2)15-8-3-4-9-16(15)19-11-13-6-5-7-14(17)10-13/h3-10,12,18H,11H2,1-2H3. The van der Waals surface area contributed by atoms with Crippen LogP contribution < -0.4 is 10.1 Å². The lowest BCUT2D eigenvalue weighted by molar-refractivity contribution is 0.299. The fourth-order valence-corrected chi connectivity index (χ4v) is 1.91. The van der Waals surface area contributed by atoms with Gasteiger partial charge >= 0.3 is 0 Å². The van der Waals surface area contributed by atoms with Crippen molar-refractivity contribution in [3.05, 3.63) is 65.5 Å². The lowest BCUT2D eigenvalue weighted by atomic mass is 10.1. The SMILES string of the molecule is CNC(C)c1ccccc1OCc1cccc(F)c1. The third kappa shape index (κ3) is 3.55. The number of nitrogens with one attached hydrogen (secondary N) is 1. The summed E-state index contributed by atoms with van der Waals surface area (Å²) in [7, 11) is 1.91. The van der Waals surface area contributed by atoms with Gasteiger partial charge in [0, 0.05) is 11.6 Å². The number of para-hydroxylation sites is 1. The third-order valence-corrected chi connectivity index (χ3v) is 3.10. The van der Waals surface area contributed by atoms with Crippen LogP contribution in [0.4, 0.5) is 4.39 Å². The highest BCUT2D eigenvalue weighted by Crippen LogP contribution is 2.25. The topological polar surface area (TPSA) is 21.3 Å². The minimum Gasteiger partial charge on any atom is -0.489 e.